The van der Waals surface area contributed by atoms with Gasteiger partial charge in [-0.15, -0.1) is 11.3 Å². The van der Waals surface area contributed by atoms with Gasteiger partial charge >= 0.3 is 0 Å². The number of nitrogens with zero attached hydrogens (tertiary/aromatic N) is 2. The zero-order valence-corrected chi connectivity index (χ0v) is 16.1. The van der Waals surface area contributed by atoms with Gasteiger partial charge < -0.3 is 15.2 Å². The molecular formula is C19H26N4O2S. The topological polar surface area (TPSA) is 68.4 Å². The third kappa shape index (κ3) is 4.16. The van der Waals surface area contributed by atoms with E-state index in [0.717, 1.165) is 6.54 Å². The second kappa shape index (κ2) is 8.51. The molecule has 1 aliphatic heterocycles. The van der Waals surface area contributed by atoms with Crippen molar-refractivity contribution in [2.75, 3.05) is 19.6 Å². The van der Waals surface area contributed by atoms with Crippen molar-refractivity contribution in [2.45, 2.75) is 38.9 Å². The molecule has 6 nitrogen and oxygen atoms in total. The minimum atomic E-state index is -0.189. The smallest absolute Gasteiger partial charge is 0.267 e. The Balaban J connectivity index is 1.71. The lowest BCUT2D eigenvalue weighted by Gasteiger charge is -2.28. The Kier molecular flexibility index (Phi) is 6.11. The first kappa shape index (κ1) is 18.7. The Hall–Kier alpha value is -2.12. The highest BCUT2D eigenvalue weighted by Gasteiger charge is 2.39. The van der Waals surface area contributed by atoms with Crippen LogP contribution in [0.25, 0.3) is 0 Å². The van der Waals surface area contributed by atoms with Gasteiger partial charge in [0.2, 0.25) is 5.91 Å². The Morgan fingerprint density at radius 3 is 2.73 bits per heavy atom. The van der Waals surface area contributed by atoms with Crippen LogP contribution < -0.4 is 5.32 Å². The van der Waals surface area contributed by atoms with Gasteiger partial charge in [0.25, 0.3) is 5.91 Å². The molecule has 1 saturated heterocycles. The molecule has 0 spiro atoms. The lowest BCUT2D eigenvalue weighted by atomic mass is 10.1. The van der Waals surface area contributed by atoms with Crippen LogP contribution in [0.3, 0.4) is 0 Å². The van der Waals surface area contributed by atoms with Crippen LogP contribution in [-0.2, 0) is 11.3 Å². The van der Waals surface area contributed by atoms with Crippen LogP contribution in [0.15, 0.2) is 35.8 Å². The maximum Gasteiger partial charge on any atom is 0.267 e. The van der Waals surface area contributed by atoms with Gasteiger partial charge in [0.05, 0.1) is 6.04 Å². The molecule has 0 bridgehead atoms. The second-order valence-electron chi connectivity index (χ2n) is 6.53. The van der Waals surface area contributed by atoms with Gasteiger partial charge in [0.15, 0.2) is 0 Å². The van der Waals surface area contributed by atoms with Crippen molar-refractivity contribution in [3.05, 3.63) is 46.4 Å². The van der Waals surface area contributed by atoms with Crippen LogP contribution in [0.2, 0.25) is 0 Å². The number of hydrogen-bond donors (Lipinski definition) is 2. The monoisotopic (exact) mass is 374 g/mol. The second-order valence-corrected chi connectivity index (χ2v) is 7.56. The first-order valence-electron chi connectivity index (χ1n) is 9.11. The molecule has 0 unspecified atom stereocenters. The average molecular weight is 375 g/mol. The molecule has 0 aliphatic carbocycles. The van der Waals surface area contributed by atoms with E-state index in [0.29, 0.717) is 31.7 Å². The fraction of sp³-hybridized carbons (Fsp3) is 0.474. The number of thiophene rings is 1. The van der Waals surface area contributed by atoms with E-state index in [1.165, 1.54) is 4.88 Å². The Morgan fingerprint density at radius 1 is 1.31 bits per heavy atom. The first-order valence-corrected chi connectivity index (χ1v) is 9.99. The quantitative estimate of drug-likeness (QED) is 0.781. The molecule has 1 aliphatic rings. The number of rotatable bonds is 7. The molecule has 2 N–H and O–H groups in total. The summed E-state index contributed by atoms with van der Waals surface area (Å²) in [6.07, 6.45) is 2.38. The number of likely N-dealkylation sites (tertiary alicyclic amines) is 1. The summed E-state index contributed by atoms with van der Waals surface area (Å²) >= 11 is 1.70. The van der Waals surface area contributed by atoms with Gasteiger partial charge in [-0.1, -0.05) is 6.07 Å². The molecule has 0 aromatic carbocycles. The summed E-state index contributed by atoms with van der Waals surface area (Å²) < 4.78 is 0. The summed E-state index contributed by atoms with van der Waals surface area (Å²) in [7, 11) is 0. The molecule has 2 aromatic rings. The van der Waals surface area contributed by atoms with Crippen LogP contribution in [0.5, 0.6) is 0 Å². The van der Waals surface area contributed by atoms with E-state index in [-0.39, 0.29) is 23.9 Å². The number of aromatic nitrogens is 1. The summed E-state index contributed by atoms with van der Waals surface area (Å²) in [5.74, 6) is 0.0372. The fourth-order valence-electron chi connectivity index (χ4n) is 3.52. The van der Waals surface area contributed by atoms with Gasteiger partial charge in [0, 0.05) is 43.3 Å². The van der Waals surface area contributed by atoms with Crippen molar-refractivity contribution in [3.8, 4) is 0 Å². The molecule has 2 aromatic heterocycles. The highest BCUT2D eigenvalue weighted by molar-refractivity contribution is 7.09. The van der Waals surface area contributed by atoms with Gasteiger partial charge in [0.1, 0.15) is 5.69 Å². The minimum absolute atomic E-state index is 0.0322. The van der Waals surface area contributed by atoms with Crippen LogP contribution in [0.1, 0.15) is 35.6 Å². The Bertz CT molecular complexity index is 710. The standard InChI is InChI=1S/C19H26N4O2S/c1-3-22(4-2)19(25)17-11-14(21-18(24)16-8-5-9-20-16)12-23(17)13-15-7-6-10-26-15/h5-10,14,17,20H,3-4,11-13H2,1-2H3,(H,21,24)/t14-,17+/m1/s1. The highest BCUT2D eigenvalue weighted by atomic mass is 32.1. The average Bonchev–Trinajstić information content (AvgIpc) is 3.38. The number of H-pyrrole nitrogens is 1. The van der Waals surface area contributed by atoms with E-state index in [1.807, 2.05) is 24.8 Å². The van der Waals surface area contributed by atoms with Gasteiger partial charge in [-0.25, -0.2) is 0 Å². The summed E-state index contributed by atoms with van der Waals surface area (Å²) in [4.78, 5) is 33.6. The van der Waals surface area contributed by atoms with Crippen molar-refractivity contribution in [1.29, 1.82) is 0 Å². The molecule has 0 saturated carbocycles. The summed E-state index contributed by atoms with van der Waals surface area (Å²) in [5, 5.41) is 5.12. The summed E-state index contributed by atoms with van der Waals surface area (Å²) in [6, 6.07) is 7.46. The van der Waals surface area contributed by atoms with Crippen molar-refractivity contribution in [3.63, 3.8) is 0 Å². The molecule has 7 heteroatoms. The molecule has 2 atom stereocenters. The fourth-order valence-corrected chi connectivity index (χ4v) is 4.25. The van der Waals surface area contributed by atoms with Crippen molar-refractivity contribution in [2.24, 2.45) is 0 Å². The van der Waals surface area contributed by atoms with Crippen LogP contribution in [0, 0.1) is 0 Å². The van der Waals surface area contributed by atoms with E-state index in [2.05, 4.69) is 26.6 Å². The largest absolute Gasteiger partial charge is 0.357 e. The van der Waals surface area contributed by atoms with E-state index >= 15 is 0 Å². The predicted octanol–water partition coefficient (Wildman–Crippen LogP) is 2.32. The SMILES string of the molecule is CCN(CC)C(=O)[C@@H]1C[C@@H](NC(=O)c2ccc[nH]2)CN1Cc1cccs1. The number of amides is 2. The number of nitrogens with one attached hydrogen (secondary N) is 2. The maximum atomic E-state index is 13.0. The van der Waals surface area contributed by atoms with Crippen molar-refractivity contribution < 1.29 is 9.59 Å². The lowest BCUT2D eigenvalue weighted by Crippen LogP contribution is -2.45. The zero-order valence-electron chi connectivity index (χ0n) is 15.3. The molecule has 2 amide bonds. The number of hydrogen-bond acceptors (Lipinski definition) is 4. The van der Waals surface area contributed by atoms with Gasteiger partial charge in [-0.2, -0.15) is 0 Å². The predicted molar refractivity (Wildman–Crippen MR) is 103 cm³/mol. The maximum absolute atomic E-state index is 13.0. The highest BCUT2D eigenvalue weighted by Crippen LogP contribution is 2.24. The van der Waals surface area contributed by atoms with E-state index in [1.54, 1.807) is 29.7 Å². The third-order valence-corrected chi connectivity index (χ3v) is 5.74. The summed E-state index contributed by atoms with van der Waals surface area (Å²) in [5.41, 5.74) is 0.549. The summed E-state index contributed by atoms with van der Waals surface area (Å²) in [6.45, 7) is 6.84. The molecule has 140 valence electrons. The Labute approximate surface area is 158 Å². The molecule has 0 radical (unpaired) electrons. The number of carbonyl (C=O) groups excluding carboxylic acids is 2. The third-order valence-electron chi connectivity index (χ3n) is 4.88. The minimum Gasteiger partial charge on any atom is -0.357 e. The molecule has 3 heterocycles. The number of likely N-dealkylation sites (N-methyl/N-ethyl adjacent to an activating group) is 1. The number of carbonyl (C=O) groups is 2. The van der Waals surface area contributed by atoms with Crippen LogP contribution in [0.4, 0.5) is 0 Å². The first-order chi connectivity index (χ1) is 12.6. The zero-order chi connectivity index (χ0) is 18.5. The lowest BCUT2D eigenvalue weighted by molar-refractivity contribution is -0.135. The molecule has 26 heavy (non-hydrogen) atoms. The van der Waals surface area contributed by atoms with Crippen LogP contribution in [-0.4, -0.2) is 58.3 Å². The van der Waals surface area contributed by atoms with Crippen LogP contribution >= 0.6 is 11.3 Å². The van der Waals surface area contributed by atoms with Gasteiger partial charge in [-0.05, 0) is 43.8 Å². The van der Waals surface area contributed by atoms with E-state index in [4.69, 9.17) is 0 Å². The normalized spacial score (nSPS) is 20.2. The Morgan fingerprint density at radius 2 is 2.12 bits per heavy atom. The number of aromatic amines is 1. The molecular weight excluding hydrogens is 348 g/mol. The van der Waals surface area contributed by atoms with E-state index in [9.17, 15) is 9.59 Å². The van der Waals surface area contributed by atoms with E-state index < -0.39 is 0 Å². The van der Waals surface area contributed by atoms with Crippen molar-refractivity contribution in [1.82, 2.24) is 20.1 Å². The van der Waals surface area contributed by atoms with Gasteiger partial charge in [-0.3, -0.25) is 14.5 Å². The molecule has 3 rings (SSSR count). The molecule has 1 fully saturated rings. The van der Waals surface area contributed by atoms with Crippen molar-refractivity contribution >= 4 is 23.2 Å².